The summed E-state index contributed by atoms with van der Waals surface area (Å²) in [4.78, 5) is 34.9. The maximum Gasteiger partial charge on any atom is 0.513 e. The number of ether oxygens (including phenoxy) is 2. The molecule has 2 unspecified atom stereocenters. The number of benzene rings is 4. The number of non-ortho nitro benzene ring substituents is 1. The van der Waals surface area contributed by atoms with Crippen molar-refractivity contribution in [3.05, 3.63) is 125 Å². The SMILES string of the molecule is CCOC(=O)[C@@H](NP(=O)(Oc1ccccc1)Oc1ccc(C)cc1)C(C)C.CCOC(=O)[C@H](CCS(C)(=O)=O)NP(=O)(Oc1ccccc1)Oc1ccc([N+](=O)[O-])cc1. The van der Waals surface area contributed by atoms with Crippen LogP contribution in [0.25, 0.3) is 0 Å². The van der Waals surface area contributed by atoms with Gasteiger partial charge in [-0.2, -0.15) is 10.2 Å². The van der Waals surface area contributed by atoms with E-state index in [1.54, 1.807) is 68.4 Å². The minimum absolute atomic E-state index is 0.0168. The highest BCUT2D eigenvalue weighted by atomic mass is 32.2. The fourth-order valence-corrected chi connectivity index (χ4v) is 8.67. The first-order valence-electron chi connectivity index (χ1n) is 18.3. The molecule has 0 aliphatic carbocycles. The second-order valence-electron chi connectivity index (χ2n) is 13.0. The molecule has 20 heteroatoms. The molecule has 0 amide bonds. The highest BCUT2D eigenvalue weighted by molar-refractivity contribution is 7.90. The smallest absolute Gasteiger partial charge is 0.465 e. The third kappa shape index (κ3) is 17.2. The van der Waals surface area contributed by atoms with Crippen molar-refractivity contribution in [3.8, 4) is 23.0 Å². The van der Waals surface area contributed by atoms with Gasteiger partial charge in [0.2, 0.25) is 0 Å². The molecule has 0 aliphatic rings. The number of para-hydroxylation sites is 2. The molecule has 0 saturated carbocycles. The first kappa shape index (κ1) is 48.1. The average molecular weight is 878 g/mol. The minimum Gasteiger partial charge on any atom is -0.465 e. The summed E-state index contributed by atoms with van der Waals surface area (Å²) in [5.74, 6) is -1.04. The quantitative estimate of drug-likeness (QED) is 0.0352. The van der Waals surface area contributed by atoms with E-state index < -0.39 is 54.3 Å². The summed E-state index contributed by atoms with van der Waals surface area (Å²) in [5, 5.41) is 16.1. The Morgan fingerprint density at radius 1 is 0.678 bits per heavy atom. The van der Waals surface area contributed by atoms with Gasteiger partial charge in [0.25, 0.3) is 5.69 Å². The summed E-state index contributed by atoms with van der Waals surface area (Å²) in [6.07, 6.45) is 0.756. The van der Waals surface area contributed by atoms with Crippen molar-refractivity contribution in [2.24, 2.45) is 5.92 Å². The largest absolute Gasteiger partial charge is 0.513 e. The van der Waals surface area contributed by atoms with Gasteiger partial charge in [0.1, 0.15) is 44.9 Å². The molecule has 4 atom stereocenters. The molecule has 4 aromatic rings. The molecule has 4 rings (SSSR count). The lowest BCUT2D eigenvalue weighted by Crippen LogP contribution is -2.42. The Bertz CT molecular complexity index is 2160. The molecule has 0 fully saturated rings. The number of aryl methyl sites for hydroxylation is 1. The number of nitro benzene ring substituents is 1. The van der Waals surface area contributed by atoms with E-state index in [1.165, 1.54) is 24.3 Å². The van der Waals surface area contributed by atoms with Crippen LogP contribution in [0.5, 0.6) is 23.0 Å². The van der Waals surface area contributed by atoms with E-state index in [4.69, 9.17) is 27.6 Å². The van der Waals surface area contributed by atoms with E-state index in [0.717, 1.165) is 24.0 Å². The lowest BCUT2D eigenvalue weighted by atomic mass is 10.1. The molecule has 0 bridgehead atoms. The lowest BCUT2D eigenvalue weighted by molar-refractivity contribution is -0.384. The van der Waals surface area contributed by atoms with Crippen LogP contribution >= 0.6 is 15.5 Å². The topological polar surface area (TPSA) is 225 Å². The number of carbonyl (C=O) groups is 2. The molecule has 4 aromatic carbocycles. The molecule has 320 valence electrons. The van der Waals surface area contributed by atoms with Crippen LogP contribution in [0.1, 0.15) is 39.7 Å². The molecule has 0 heterocycles. The predicted octanol–water partition coefficient (Wildman–Crippen LogP) is 7.85. The molecule has 17 nitrogen and oxygen atoms in total. The molecule has 0 aliphatic heterocycles. The van der Waals surface area contributed by atoms with E-state index in [2.05, 4.69) is 10.2 Å². The summed E-state index contributed by atoms with van der Waals surface area (Å²) in [6.45, 7) is 9.13. The van der Waals surface area contributed by atoms with Gasteiger partial charge in [-0.25, -0.2) is 17.5 Å². The van der Waals surface area contributed by atoms with E-state index in [9.17, 15) is 37.3 Å². The van der Waals surface area contributed by atoms with Gasteiger partial charge in [-0.1, -0.05) is 67.9 Å². The monoisotopic (exact) mass is 877 g/mol. The third-order valence-corrected chi connectivity index (χ3v) is 11.6. The highest BCUT2D eigenvalue weighted by Gasteiger charge is 2.38. The van der Waals surface area contributed by atoms with Crippen molar-refractivity contribution >= 4 is 43.0 Å². The van der Waals surface area contributed by atoms with Crippen LogP contribution in [0.15, 0.2) is 109 Å². The Hall–Kier alpha value is -5.25. The van der Waals surface area contributed by atoms with Crippen LogP contribution in [0.4, 0.5) is 5.69 Å². The van der Waals surface area contributed by atoms with Gasteiger partial charge in [-0.05, 0) is 81.6 Å². The summed E-state index contributed by atoms with van der Waals surface area (Å²) >= 11 is 0. The van der Waals surface area contributed by atoms with Gasteiger partial charge in [-0.3, -0.25) is 19.7 Å². The van der Waals surface area contributed by atoms with Crippen LogP contribution in [-0.4, -0.2) is 62.6 Å². The molecule has 0 spiro atoms. The molecular formula is C39H49N3O14P2S. The second kappa shape index (κ2) is 22.8. The predicted molar refractivity (Wildman–Crippen MR) is 221 cm³/mol. The van der Waals surface area contributed by atoms with Crippen LogP contribution in [-0.2, 0) is 38.0 Å². The van der Waals surface area contributed by atoms with Gasteiger partial charge in [0.05, 0.1) is 23.9 Å². The number of nitro groups is 1. The number of esters is 2. The van der Waals surface area contributed by atoms with Crippen molar-refractivity contribution in [3.63, 3.8) is 0 Å². The van der Waals surface area contributed by atoms with Gasteiger partial charge in [0.15, 0.2) is 0 Å². The van der Waals surface area contributed by atoms with Crippen molar-refractivity contribution in [2.45, 2.75) is 53.1 Å². The lowest BCUT2D eigenvalue weighted by Gasteiger charge is -2.26. The van der Waals surface area contributed by atoms with E-state index in [-0.39, 0.29) is 48.5 Å². The van der Waals surface area contributed by atoms with Crippen molar-refractivity contribution < 1.29 is 59.6 Å². The average Bonchev–Trinajstić information content (AvgIpc) is 3.17. The maximum absolute atomic E-state index is 13.6. The Morgan fingerprint density at radius 3 is 1.49 bits per heavy atom. The number of nitrogens with one attached hydrogen (secondary N) is 2. The summed E-state index contributed by atoms with van der Waals surface area (Å²) < 4.78 is 82.6. The molecule has 2 N–H and O–H groups in total. The zero-order valence-electron chi connectivity index (χ0n) is 33.4. The number of nitrogens with zero attached hydrogens (tertiary/aromatic N) is 1. The summed E-state index contributed by atoms with van der Waals surface area (Å²) in [7, 11) is -11.7. The number of hydrogen-bond donors (Lipinski definition) is 2. The van der Waals surface area contributed by atoms with Crippen molar-refractivity contribution in [2.75, 3.05) is 25.2 Å². The number of carbonyl (C=O) groups excluding carboxylic acids is 2. The van der Waals surface area contributed by atoms with Gasteiger partial charge in [0, 0.05) is 18.4 Å². The number of sulfone groups is 1. The molecule has 0 aromatic heterocycles. The van der Waals surface area contributed by atoms with E-state index in [0.29, 0.717) is 11.5 Å². The van der Waals surface area contributed by atoms with Gasteiger partial charge >= 0.3 is 27.4 Å². The normalized spacial score (nSPS) is 14.2. The van der Waals surface area contributed by atoms with Crippen LogP contribution in [0.3, 0.4) is 0 Å². The highest BCUT2D eigenvalue weighted by Crippen LogP contribution is 2.47. The maximum atomic E-state index is 13.6. The summed E-state index contributed by atoms with van der Waals surface area (Å²) in [5.41, 5.74) is 0.836. The minimum atomic E-state index is -4.33. The zero-order valence-corrected chi connectivity index (χ0v) is 36.0. The van der Waals surface area contributed by atoms with Crippen LogP contribution in [0, 0.1) is 23.0 Å². The Balaban J connectivity index is 0.000000320. The van der Waals surface area contributed by atoms with Crippen LogP contribution in [0.2, 0.25) is 0 Å². The standard InChI is InChI=1S/C20H26NO5P.C19H23N2O9PS/c1-5-24-20(22)19(15(2)3)21-27(23,25-17-9-7-6-8-10-17)26-18-13-11-16(4)12-14-18;1-3-28-19(22)18(13-14-32(2,26)27)20-31(25,29-16-7-5-4-6-8-16)30-17-11-9-15(10-12-17)21(23)24/h6-15,19H,5H2,1-4H3,(H,21,23);4-12,18H,3,13-14H2,1-2H3,(H,20,25)/t19-,27?;18-,31?/m00/s1. The summed E-state index contributed by atoms with van der Waals surface area (Å²) in [6, 6.07) is 26.3. The molecular weight excluding hydrogens is 828 g/mol. The number of hydrogen-bond acceptors (Lipinski definition) is 14. The van der Waals surface area contributed by atoms with E-state index >= 15 is 0 Å². The van der Waals surface area contributed by atoms with Gasteiger partial charge in [-0.15, -0.1) is 0 Å². The second-order valence-corrected chi connectivity index (χ2v) is 18.5. The fourth-order valence-electron chi connectivity index (χ4n) is 4.77. The number of rotatable bonds is 21. The van der Waals surface area contributed by atoms with Gasteiger partial charge < -0.3 is 27.6 Å². The Morgan fingerprint density at radius 2 is 1.08 bits per heavy atom. The molecule has 59 heavy (non-hydrogen) atoms. The first-order valence-corrected chi connectivity index (χ1v) is 23.4. The van der Waals surface area contributed by atoms with Crippen molar-refractivity contribution in [1.82, 2.24) is 10.2 Å². The van der Waals surface area contributed by atoms with E-state index in [1.807, 2.05) is 39.0 Å². The Kier molecular flexibility index (Phi) is 18.6. The van der Waals surface area contributed by atoms with Crippen LogP contribution < -0.4 is 28.3 Å². The molecule has 0 radical (unpaired) electrons. The zero-order chi connectivity index (χ0) is 43.6. The fraction of sp³-hybridized carbons (Fsp3) is 0.333. The molecule has 0 saturated heterocycles. The van der Waals surface area contributed by atoms with Crippen molar-refractivity contribution in [1.29, 1.82) is 0 Å². The first-order chi connectivity index (χ1) is 27.8. The Labute approximate surface area is 344 Å². The third-order valence-electron chi connectivity index (χ3n) is 7.62.